The van der Waals surface area contributed by atoms with Crippen LogP contribution in [-0.4, -0.2) is 34.4 Å². The van der Waals surface area contributed by atoms with Crippen molar-refractivity contribution in [3.8, 4) is 0 Å². The number of carbonyl (C=O) groups excluding carboxylic acids is 1. The first-order valence-corrected chi connectivity index (χ1v) is 7.19. The van der Waals surface area contributed by atoms with E-state index in [4.69, 9.17) is 33.7 Å². The smallest absolute Gasteiger partial charge is 0.241 e. The van der Waals surface area contributed by atoms with Crippen molar-refractivity contribution in [2.24, 2.45) is 5.73 Å². The molecule has 0 radical (unpaired) electrons. The Hall–Kier alpha value is -0.990. The minimum Gasteiger partial charge on any atom is -0.385 e. The summed E-state index contributed by atoms with van der Waals surface area (Å²) in [7, 11) is 1.55. The maximum Gasteiger partial charge on any atom is 0.241 e. The van der Waals surface area contributed by atoms with E-state index in [0.29, 0.717) is 39.8 Å². The van der Waals surface area contributed by atoms with Crippen LogP contribution in [0.2, 0.25) is 10.0 Å². The van der Waals surface area contributed by atoms with E-state index in [1.807, 2.05) is 0 Å². The summed E-state index contributed by atoms with van der Waals surface area (Å²) in [5, 5.41) is 3.35. The predicted octanol–water partition coefficient (Wildman–Crippen LogP) is 2.30. The monoisotopic (exact) mass is 334 g/mol. The van der Waals surface area contributed by atoms with Crippen LogP contribution < -0.4 is 11.1 Å². The molecular formula is C11H12Cl2N4O2S. The number of ether oxygens (including phenoxy) is 1. The van der Waals surface area contributed by atoms with Gasteiger partial charge in [-0.05, 0) is 12.5 Å². The Balaban J connectivity index is 2.25. The number of amides is 1. The van der Waals surface area contributed by atoms with Crippen molar-refractivity contribution in [1.29, 1.82) is 0 Å². The van der Waals surface area contributed by atoms with Gasteiger partial charge in [0.05, 0.1) is 33.5 Å². The van der Waals surface area contributed by atoms with Gasteiger partial charge in [-0.25, -0.2) is 0 Å². The molecule has 0 spiro atoms. The third-order valence-corrected chi connectivity index (χ3v) is 3.78. The molecule has 9 heteroatoms. The molecule has 1 aromatic carbocycles. The van der Waals surface area contributed by atoms with E-state index in [1.54, 1.807) is 7.11 Å². The SMILES string of the molecule is COCCC(N)C(=O)Nc1c(Cl)cc(Cl)c2nsnc12. The first-order chi connectivity index (χ1) is 9.54. The average molecular weight is 335 g/mol. The van der Waals surface area contributed by atoms with Crippen LogP contribution in [0.5, 0.6) is 0 Å². The zero-order chi connectivity index (χ0) is 14.7. The van der Waals surface area contributed by atoms with E-state index in [1.165, 1.54) is 6.07 Å². The minimum absolute atomic E-state index is 0.294. The van der Waals surface area contributed by atoms with E-state index < -0.39 is 6.04 Å². The molecule has 0 aliphatic carbocycles. The van der Waals surface area contributed by atoms with Crippen LogP contribution in [-0.2, 0) is 9.53 Å². The lowest BCUT2D eigenvalue weighted by Gasteiger charge is -2.13. The zero-order valence-electron chi connectivity index (χ0n) is 10.5. The highest BCUT2D eigenvalue weighted by atomic mass is 35.5. The number of nitrogens with one attached hydrogen (secondary N) is 1. The second-order valence-corrected chi connectivity index (χ2v) is 5.40. The Morgan fingerprint density at radius 1 is 1.45 bits per heavy atom. The molecule has 1 unspecified atom stereocenters. The van der Waals surface area contributed by atoms with Crippen LogP contribution in [0.3, 0.4) is 0 Å². The van der Waals surface area contributed by atoms with E-state index in [0.717, 1.165) is 11.7 Å². The number of methoxy groups -OCH3 is 1. The fourth-order valence-corrected chi connectivity index (χ4v) is 2.74. The van der Waals surface area contributed by atoms with Gasteiger partial charge < -0.3 is 15.8 Å². The molecule has 1 atom stereocenters. The molecule has 0 saturated carbocycles. The van der Waals surface area contributed by atoms with Crippen molar-refractivity contribution in [3.05, 3.63) is 16.1 Å². The molecule has 3 N–H and O–H groups in total. The van der Waals surface area contributed by atoms with Gasteiger partial charge in [-0.1, -0.05) is 23.2 Å². The molecule has 2 rings (SSSR count). The molecule has 1 amide bonds. The lowest BCUT2D eigenvalue weighted by atomic mass is 10.2. The summed E-state index contributed by atoms with van der Waals surface area (Å²) in [6, 6.07) is 0.826. The summed E-state index contributed by atoms with van der Waals surface area (Å²) >= 11 is 13.1. The van der Waals surface area contributed by atoms with Gasteiger partial charge in [0, 0.05) is 13.7 Å². The lowest BCUT2D eigenvalue weighted by Crippen LogP contribution is -2.36. The summed E-state index contributed by atoms with van der Waals surface area (Å²) in [4.78, 5) is 12.0. The second kappa shape index (κ2) is 6.64. The lowest BCUT2D eigenvalue weighted by molar-refractivity contribution is -0.117. The number of aromatic nitrogens is 2. The molecule has 1 heterocycles. The molecule has 2 aromatic rings. The average Bonchev–Trinajstić information content (AvgIpc) is 2.90. The number of anilines is 1. The number of hydrogen-bond acceptors (Lipinski definition) is 6. The van der Waals surface area contributed by atoms with Crippen LogP contribution in [0.25, 0.3) is 11.0 Å². The molecule has 108 valence electrons. The number of nitrogens with two attached hydrogens (primary N) is 1. The zero-order valence-corrected chi connectivity index (χ0v) is 12.8. The van der Waals surface area contributed by atoms with E-state index in [2.05, 4.69) is 14.1 Å². The van der Waals surface area contributed by atoms with Crippen LogP contribution in [0, 0.1) is 0 Å². The van der Waals surface area contributed by atoms with Gasteiger partial charge in [-0.2, -0.15) is 8.75 Å². The summed E-state index contributed by atoms with van der Waals surface area (Å²) in [6.07, 6.45) is 0.409. The van der Waals surface area contributed by atoms with Gasteiger partial charge >= 0.3 is 0 Å². The van der Waals surface area contributed by atoms with Gasteiger partial charge in [0.25, 0.3) is 0 Å². The van der Waals surface area contributed by atoms with Crippen molar-refractivity contribution in [3.63, 3.8) is 0 Å². The highest BCUT2D eigenvalue weighted by molar-refractivity contribution is 7.00. The largest absolute Gasteiger partial charge is 0.385 e. The molecule has 0 aliphatic rings. The number of carbonyl (C=O) groups is 1. The van der Waals surface area contributed by atoms with Gasteiger partial charge in [0.2, 0.25) is 5.91 Å². The fourth-order valence-electron chi connectivity index (χ4n) is 1.58. The highest BCUT2D eigenvalue weighted by Crippen LogP contribution is 2.35. The fraction of sp³-hybridized carbons (Fsp3) is 0.364. The predicted molar refractivity (Wildman–Crippen MR) is 80.5 cm³/mol. The molecule has 0 bridgehead atoms. The third-order valence-electron chi connectivity index (χ3n) is 2.66. The second-order valence-electron chi connectivity index (χ2n) is 4.05. The summed E-state index contributed by atoms with van der Waals surface area (Å²) in [5.41, 5.74) is 7.09. The Kier molecular flexibility index (Phi) is 5.11. The number of halogens is 2. The molecule has 6 nitrogen and oxygen atoms in total. The summed E-state index contributed by atoms with van der Waals surface area (Å²) in [6.45, 7) is 0.399. The molecule has 20 heavy (non-hydrogen) atoms. The molecule has 0 fully saturated rings. The van der Waals surface area contributed by atoms with Crippen molar-refractivity contribution in [2.75, 3.05) is 19.0 Å². The number of hydrogen-bond donors (Lipinski definition) is 2. The normalized spacial score (nSPS) is 12.6. The number of benzene rings is 1. The van der Waals surface area contributed by atoms with Crippen LogP contribution in [0.4, 0.5) is 5.69 Å². The van der Waals surface area contributed by atoms with E-state index >= 15 is 0 Å². The van der Waals surface area contributed by atoms with Gasteiger partial charge in [0.15, 0.2) is 0 Å². The Labute approximate surface area is 129 Å². The number of rotatable bonds is 5. The molecular weight excluding hydrogens is 323 g/mol. The minimum atomic E-state index is -0.691. The number of fused-ring (bicyclic) bond motifs is 1. The van der Waals surface area contributed by atoms with Crippen LogP contribution in [0.15, 0.2) is 6.07 Å². The first kappa shape index (κ1) is 15.4. The quantitative estimate of drug-likeness (QED) is 0.875. The topological polar surface area (TPSA) is 90.1 Å². The van der Waals surface area contributed by atoms with Crippen molar-refractivity contribution >= 4 is 57.6 Å². The molecule has 0 aliphatic heterocycles. The Morgan fingerprint density at radius 3 is 2.85 bits per heavy atom. The Bertz CT molecular complexity index is 634. The van der Waals surface area contributed by atoms with Crippen molar-refractivity contribution in [2.45, 2.75) is 12.5 Å². The summed E-state index contributed by atoms with van der Waals surface area (Å²) < 4.78 is 13.0. The highest BCUT2D eigenvalue weighted by Gasteiger charge is 2.19. The standard InChI is InChI=1S/C11H12Cl2N4O2S/c1-19-3-2-7(14)11(18)15-8-5(12)4-6(13)9-10(8)17-20-16-9/h4,7H,2-3,14H2,1H3,(H,15,18). The maximum atomic E-state index is 12.0. The molecule has 1 aromatic heterocycles. The third kappa shape index (κ3) is 3.18. The van der Waals surface area contributed by atoms with Crippen LogP contribution >= 0.6 is 34.9 Å². The van der Waals surface area contributed by atoms with Crippen molar-refractivity contribution < 1.29 is 9.53 Å². The van der Waals surface area contributed by atoms with E-state index in [9.17, 15) is 4.79 Å². The number of nitrogens with zero attached hydrogens (tertiary/aromatic N) is 2. The van der Waals surface area contributed by atoms with Crippen LogP contribution in [0.1, 0.15) is 6.42 Å². The Morgan fingerprint density at radius 2 is 2.15 bits per heavy atom. The molecule has 0 saturated heterocycles. The van der Waals surface area contributed by atoms with E-state index in [-0.39, 0.29) is 5.91 Å². The first-order valence-electron chi connectivity index (χ1n) is 5.70. The summed E-state index contributed by atoms with van der Waals surface area (Å²) in [5.74, 6) is -0.361. The van der Waals surface area contributed by atoms with Crippen molar-refractivity contribution in [1.82, 2.24) is 8.75 Å². The maximum absolute atomic E-state index is 12.0. The van der Waals surface area contributed by atoms with Gasteiger partial charge in [-0.3, -0.25) is 4.79 Å². The van der Waals surface area contributed by atoms with Gasteiger partial charge in [-0.15, -0.1) is 0 Å². The van der Waals surface area contributed by atoms with Gasteiger partial charge in [0.1, 0.15) is 11.0 Å².